The van der Waals surface area contributed by atoms with Crippen molar-refractivity contribution in [2.45, 2.75) is 38.0 Å². The molecule has 0 saturated heterocycles. The van der Waals surface area contributed by atoms with E-state index in [2.05, 4.69) is 20.7 Å². The molecule has 0 fully saturated rings. The van der Waals surface area contributed by atoms with Crippen LogP contribution in [-0.4, -0.2) is 22.0 Å². The van der Waals surface area contributed by atoms with E-state index in [1.807, 2.05) is 52.0 Å². The van der Waals surface area contributed by atoms with Crippen LogP contribution in [0.3, 0.4) is 0 Å². The van der Waals surface area contributed by atoms with Crippen molar-refractivity contribution in [1.82, 2.24) is 4.72 Å². The van der Waals surface area contributed by atoms with Crippen LogP contribution in [0.5, 0.6) is 0 Å². The number of hydrogen-bond acceptors (Lipinski definition) is 3. The molecule has 0 amide bonds. The number of ether oxygens (including phenoxy) is 1. The zero-order valence-electron chi connectivity index (χ0n) is 12.1. The van der Waals surface area contributed by atoms with Crippen LogP contribution in [-0.2, 0) is 26.1 Å². The quantitative estimate of drug-likeness (QED) is 0.792. The van der Waals surface area contributed by atoms with E-state index in [1.165, 1.54) is 0 Å². The van der Waals surface area contributed by atoms with Crippen molar-refractivity contribution in [1.29, 1.82) is 0 Å². The van der Waals surface area contributed by atoms with E-state index < -0.39 is 21.3 Å². The molecule has 0 aliphatic carbocycles. The molecule has 112 valence electrons. The van der Waals surface area contributed by atoms with E-state index in [4.69, 9.17) is 4.74 Å². The maximum Gasteiger partial charge on any atom is 0.293 e. The molecule has 0 aliphatic rings. The Hall–Kier alpha value is -0.720. The van der Waals surface area contributed by atoms with Crippen molar-refractivity contribution < 1.29 is 13.7 Å². The second kappa shape index (κ2) is 6.83. The Bertz CT molecular complexity index is 501. The molecule has 1 rings (SSSR count). The predicted octanol–water partition coefficient (Wildman–Crippen LogP) is 2.89. The van der Waals surface area contributed by atoms with Gasteiger partial charge in [-0.15, -0.1) is 0 Å². The Balaban J connectivity index is 3.09. The van der Waals surface area contributed by atoms with E-state index in [9.17, 15) is 9.00 Å². The van der Waals surface area contributed by atoms with Gasteiger partial charge in [0, 0.05) is 4.47 Å². The average molecular weight is 362 g/mol. The number of benzene rings is 1. The standard InChI is InChI=1S/C14H20BrNO3S/c1-13(2,3)20(18)16-14(4,9-19-10-17)11-6-5-7-12(15)8-11/h5-8,10,16H,9H2,1-4H3. The molecule has 1 aromatic carbocycles. The van der Waals surface area contributed by atoms with Crippen LogP contribution in [0.4, 0.5) is 0 Å². The summed E-state index contributed by atoms with van der Waals surface area (Å²) in [5.74, 6) is 0. The highest BCUT2D eigenvalue weighted by Gasteiger charge is 2.33. The fourth-order valence-corrected chi connectivity index (χ4v) is 2.85. The van der Waals surface area contributed by atoms with Gasteiger partial charge in [-0.3, -0.25) is 4.79 Å². The zero-order chi connectivity index (χ0) is 15.4. The van der Waals surface area contributed by atoms with Gasteiger partial charge in [-0.05, 0) is 45.4 Å². The fourth-order valence-electron chi connectivity index (χ4n) is 1.56. The summed E-state index contributed by atoms with van der Waals surface area (Å²) in [6.45, 7) is 8.03. The molecule has 0 heterocycles. The second-order valence-electron chi connectivity index (χ2n) is 5.73. The van der Waals surface area contributed by atoms with Crippen molar-refractivity contribution in [2.24, 2.45) is 0 Å². The van der Waals surface area contributed by atoms with Gasteiger partial charge in [0.1, 0.15) is 6.61 Å². The molecular formula is C14H20BrNO3S. The third-order valence-corrected chi connectivity index (χ3v) is 5.02. The van der Waals surface area contributed by atoms with Gasteiger partial charge in [0.15, 0.2) is 0 Å². The third-order valence-electron chi connectivity index (χ3n) is 2.78. The fraction of sp³-hybridized carbons (Fsp3) is 0.500. The minimum Gasteiger partial charge on any atom is -0.466 e. The number of nitrogens with one attached hydrogen (secondary N) is 1. The van der Waals surface area contributed by atoms with Gasteiger partial charge in [-0.1, -0.05) is 28.1 Å². The topological polar surface area (TPSA) is 55.4 Å². The van der Waals surface area contributed by atoms with Crippen LogP contribution >= 0.6 is 15.9 Å². The molecular weight excluding hydrogens is 342 g/mol. The van der Waals surface area contributed by atoms with Gasteiger partial charge < -0.3 is 4.74 Å². The zero-order valence-corrected chi connectivity index (χ0v) is 14.5. The minimum absolute atomic E-state index is 0.106. The Kier molecular flexibility index (Phi) is 5.91. The van der Waals surface area contributed by atoms with Crippen LogP contribution in [0, 0.1) is 0 Å². The van der Waals surface area contributed by atoms with Crippen LogP contribution in [0.15, 0.2) is 28.7 Å². The van der Waals surface area contributed by atoms with E-state index >= 15 is 0 Å². The number of rotatable bonds is 6. The summed E-state index contributed by atoms with van der Waals surface area (Å²) in [6.07, 6.45) is 0. The molecule has 2 unspecified atom stereocenters. The second-order valence-corrected chi connectivity index (χ2v) is 8.61. The van der Waals surface area contributed by atoms with Gasteiger partial charge in [0.25, 0.3) is 6.47 Å². The summed E-state index contributed by atoms with van der Waals surface area (Å²) in [5.41, 5.74) is 0.175. The lowest BCUT2D eigenvalue weighted by molar-refractivity contribution is -0.130. The first-order chi connectivity index (χ1) is 9.19. The first-order valence-electron chi connectivity index (χ1n) is 6.20. The maximum absolute atomic E-state index is 12.3. The number of carbonyl (C=O) groups is 1. The highest BCUT2D eigenvalue weighted by molar-refractivity contribution is 9.10. The van der Waals surface area contributed by atoms with Crippen molar-refractivity contribution in [3.05, 3.63) is 34.3 Å². The van der Waals surface area contributed by atoms with Crippen molar-refractivity contribution in [3.63, 3.8) is 0 Å². The van der Waals surface area contributed by atoms with Gasteiger partial charge >= 0.3 is 0 Å². The Morgan fingerprint density at radius 3 is 2.50 bits per heavy atom. The lowest BCUT2D eigenvalue weighted by Gasteiger charge is -2.33. The molecule has 2 atom stereocenters. The Morgan fingerprint density at radius 2 is 2.00 bits per heavy atom. The summed E-state index contributed by atoms with van der Waals surface area (Å²) in [5, 5.41) is 0. The lowest BCUT2D eigenvalue weighted by Crippen LogP contribution is -2.49. The van der Waals surface area contributed by atoms with E-state index in [1.54, 1.807) is 0 Å². The first kappa shape index (κ1) is 17.3. The van der Waals surface area contributed by atoms with Crippen LogP contribution in [0.25, 0.3) is 0 Å². The summed E-state index contributed by atoms with van der Waals surface area (Å²) in [6, 6.07) is 7.62. The van der Waals surface area contributed by atoms with Gasteiger partial charge in [-0.25, -0.2) is 8.93 Å². The number of carbonyl (C=O) groups excluding carboxylic acids is 1. The molecule has 0 saturated carbocycles. The highest BCUT2D eigenvalue weighted by atomic mass is 79.9. The SMILES string of the molecule is CC(COC=O)(NS(=O)C(C)(C)C)c1cccc(Br)c1. The molecule has 0 spiro atoms. The van der Waals surface area contributed by atoms with Crippen LogP contribution < -0.4 is 4.72 Å². The Morgan fingerprint density at radius 1 is 1.35 bits per heavy atom. The Labute approximate surface area is 131 Å². The summed E-state index contributed by atoms with van der Waals surface area (Å²) in [4.78, 5) is 10.5. The third kappa shape index (κ3) is 4.68. The largest absolute Gasteiger partial charge is 0.466 e. The summed E-state index contributed by atoms with van der Waals surface area (Å²) in [7, 11) is -1.28. The van der Waals surface area contributed by atoms with Crippen LogP contribution in [0.2, 0.25) is 0 Å². The monoisotopic (exact) mass is 361 g/mol. The van der Waals surface area contributed by atoms with E-state index in [0.717, 1.165) is 10.0 Å². The van der Waals surface area contributed by atoms with Crippen molar-refractivity contribution >= 4 is 33.4 Å². The number of halogens is 1. The van der Waals surface area contributed by atoms with Crippen molar-refractivity contribution in [2.75, 3.05) is 6.61 Å². The molecule has 0 aromatic heterocycles. The molecule has 0 bridgehead atoms. The van der Waals surface area contributed by atoms with Crippen molar-refractivity contribution in [3.8, 4) is 0 Å². The van der Waals surface area contributed by atoms with Crippen LogP contribution in [0.1, 0.15) is 33.3 Å². The smallest absolute Gasteiger partial charge is 0.293 e. The summed E-state index contributed by atoms with van der Waals surface area (Å²) >= 11 is 3.41. The lowest BCUT2D eigenvalue weighted by atomic mass is 9.94. The predicted molar refractivity (Wildman–Crippen MR) is 84.5 cm³/mol. The maximum atomic E-state index is 12.3. The molecule has 1 aromatic rings. The van der Waals surface area contributed by atoms with Gasteiger partial charge in [-0.2, -0.15) is 0 Å². The molecule has 0 radical (unpaired) electrons. The van der Waals surface area contributed by atoms with E-state index in [0.29, 0.717) is 6.47 Å². The molecule has 6 heteroatoms. The molecule has 20 heavy (non-hydrogen) atoms. The highest BCUT2D eigenvalue weighted by Crippen LogP contribution is 2.26. The van der Waals surface area contributed by atoms with E-state index in [-0.39, 0.29) is 6.61 Å². The van der Waals surface area contributed by atoms with Gasteiger partial charge in [0.2, 0.25) is 0 Å². The molecule has 0 aliphatic heterocycles. The molecule has 1 N–H and O–H groups in total. The molecule has 4 nitrogen and oxygen atoms in total. The minimum atomic E-state index is -1.28. The van der Waals surface area contributed by atoms with Gasteiger partial charge in [0.05, 0.1) is 21.3 Å². The number of hydrogen-bond donors (Lipinski definition) is 1. The first-order valence-corrected chi connectivity index (χ1v) is 8.14. The average Bonchev–Trinajstić information content (AvgIpc) is 2.35. The normalized spacial score (nSPS) is 16.2. The summed E-state index contributed by atoms with van der Waals surface area (Å²) < 4.78 is 20.8.